The van der Waals surface area contributed by atoms with E-state index < -0.39 is 6.09 Å². The van der Waals surface area contributed by atoms with Crippen LogP contribution in [0.1, 0.15) is 35.2 Å². The van der Waals surface area contributed by atoms with Gasteiger partial charge in [0.15, 0.2) is 5.78 Å². The second-order valence-electron chi connectivity index (χ2n) is 6.78. The number of amides is 1. The summed E-state index contributed by atoms with van der Waals surface area (Å²) < 4.78 is 6.98. The van der Waals surface area contributed by atoms with Crippen molar-refractivity contribution in [2.24, 2.45) is 0 Å². The highest BCUT2D eigenvalue weighted by molar-refractivity contribution is 5.99. The van der Waals surface area contributed by atoms with Gasteiger partial charge in [0.2, 0.25) is 0 Å². The Hall–Kier alpha value is -2.89. The molecule has 2 aliphatic rings. The summed E-state index contributed by atoms with van der Waals surface area (Å²) in [6.45, 7) is 0.707. The smallest absolute Gasteiger partial charge is 0.414 e. The number of aromatic nitrogens is 1. The van der Waals surface area contributed by atoms with Crippen LogP contribution in [0.15, 0.2) is 47.4 Å². The molecule has 0 unspecified atom stereocenters. The summed E-state index contributed by atoms with van der Waals surface area (Å²) in [7, 11) is 0. The van der Waals surface area contributed by atoms with Crippen LogP contribution in [-0.2, 0) is 17.7 Å². The molecule has 6 heteroatoms. The number of ether oxygens (including phenoxy) is 1. The summed E-state index contributed by atoms with van der Waals surface area (Å²) in [5.74, 6) is 0.175. The van der Waals surface area contributed by atoms with Gasteiger partial charge in [0, 0.05) is 29.9 Å². The first-order valence-corrected chi connectivity index (χ1v) is 8.91. The van der Waals surface area contributed by atoms with E-state index in [2.05, 4.69) is 0 Å². The lowest BCUT2D eigenvalue weighted by molar-refractivity contribution is 0.0982. The van der Waals surface area contributed by atoms with Crippen molar-refractivity contribution < 1.29 is 14.3 Å². The van der Waals surface area contributed by atoms with Crippen molar-refractivity contribution in [2.75, 3.05) is 11.4 Å². The largest absolute Gasteiger partial charge is 0.442 e. The third-order valence-electron chi connectivity index (χ3n) is 4.97. The van der Waals surface area contributed by atoms with Crippen LogP contribution in [-0.4, -0.2) is 29.1 Å². The number of Topliss-reactive ketones (excluding diaryl/α,β-unsaturated/α-hetero) is 1. The molecule has 0 N–H and O–H groups in total. The highest BCUT2D eigenvalue weighted by Gasteiger charge is 2.33. The van der Waals surface area contributed by atoms with Crippen molar-refractivity contribution in [3.05, 3.63) is 64.1 Å². The van der Waals surface area contributed by atoms with Gasteiger partial charge in [-0.3, -0.25) is 14.5 Å². The van der Waals surface area contributed by atoms with Gasteiger partial charge in [-0.25, -0.2) is 4.79 Å². The summed E-state index contributed by atoms with van der Waals surface area (Å²) in [6.07, 6.45) is 4.20. The van der Waals surface area contributed by atoms with E-state index >= 15 is 0 Å². The van der Waals surface area contributed by atoms with Gasteiger partial charge in [-0.2, -0.15) is 0 Å². The molecule has 1 fully saturated rings. The molecular weight excluding hydrogens is 332 g/mol. The topological polar surface area (TPSA) is 68.6 Å². The van der Waals surface area contributed by atoms with Gasteiger partial charge in [0.05, 0.1) is 13.1 Å². The van der Waals surface area contributed by atoms with E-state index in [1.165, 1.54) is 10.6 Å². The van der Waals surface area contributed by atoms with E-state index in [-0.39, 0.29) is 17.4 Å². The van der Waals surface area contributed by atoms with E-state index in [0.29, 0.717) is 19.5 Å². The molecule has 0 radical (unpaired) electrons. The SMILES string of the molecule is O=C1CCCCc2cc(N3C[C@H](Cn4ccccc4=O)OC3=O)ccc21. The van der Waals surface area contributed by atoms with E-state index in [0.717, 1.165) is 36.1 Å². The van der Waals surface area contributed by atoms with Crippen molar-refractivity contribution in [1.82, 2.24) is 4.57 Å². The van der Waals surface area contributed by atoms with Crippen LogP contribution in [0.2, 0.25) is 0 Å². The summed E-state index contributed by atoms with van der Waals surface area (Å²) in [5, 5.41) is 0. The van der Waals surface area contributed by atoms with E-state index in [1.807, 2.05) is 12.1 Å². The number of cyclic esters (lactones) is 1. The van der Waals surface area contributed by atoms with Gasteiger partial charge >= 0.3 is 6.09 Å². The third-order valence-corrected chi connectivity index (χ3v) is 4.97. The fraction of sp³-hybridized carbons (Fsp3) is 0.350. The minimum Gasteiger partial charge on any atom is -0.442 e. The van der Waals surface area contributed by atoms with E-state index in [9.17, 15) is 14.4 Å². The number of nitrogens with zero attached hydrogens (tertiary/aromatic N) is 2. The lowest BCUT2D eigenvalue weighted by atomic mass is 10.0. The number of pyridine rings is 1. The number of anilines is 1. The van der Waals surface area contributed by atoms with Crippen LogP contribution in [0.4, 0.5) is 10.5 Å². The van der Waals surface area contributed by atoms with Crippen molar-refractivity contribution in [1.29, 1.82) is 0 Å². The normalized spacial score (nSPS) is 19.8. The van der Waals surface area contributed by atoms with Gasteiger partial charge in [-0.15, -0.1) is 0 Å². The molecule has 0 saturated carbocycles. The second kappa shape index (κ2) is 6.78. The molecule has 1 aliphatic heterocycles. The zero-order valence-corrected chi connectivity index (χ0v) is 14.4. The minimum absolute atomic E-state index is 0.120. The Labute approximate surface area is 151 Å². The number of benzene rings is 1. The molecule has 0 bridgehead atoms. The molecule has 134 valence electrons. The summed E-state index contributed by atoms with van der Waals surface area (Å²) >= 11 is 0. The van der Waals surface area contributed by atoms with Crippen LogP contribution < -0.4 is 10.5 Å². The molecule has 0 spiro atoms. The summed E-state index contributed by atoms with van der Waals surface area (Å²) in [4.78, 5) is 37.9. The van der Waals surface area contributed by atoms with Gasteiger partial charge in [0.1, 0.15) is 6.10 Å². The monoisotopic (exact) mass is 352 g/mol. The number of hydrogen-bond donors (Lipinski definition) is 0. The first-order valence-electron chi connectivity index (χ1n) is 8.91. The lowest BCUT2D eigenvalue weighted by Gasteiger charge is -2.16. The van der Waals surface area contributed by atoms with Crippen molar-refractivity contribution in [3.8, 4) is 0 Å². The molecule has 2 heterocycles. The molecule has 4 rings (SSSR count). The molecule has 1 aromatic heterocycles. The predicted molar refractivity (Wildman–Crippen MR) is 96.6 cm³/mol. The fourth-order valence-corrected chi connectivity index (χ4v) is 3.62. The van der Waals surface area contributed by atoms with E-state index in [1.54, 1.807) is 29.3 Å². The van der Waals surface area contributed by atoms with E-state index in [4.69, 9.17) is 4.74 Å². The number of ketones is 1. The predicted octanol–water partition coefficient (Wildman–Crippen LogP) is 2.78. The van der Waals surface area contributed by atoms with Crippen molar-refractivity contribution >= 4 is 17.6 Å². The number of carbonyl (C=O) groups is 2. The molecule has 6 nitrogen and oxygen atoms in total. The number of carbonyl (C=O) groups excluding carboxylic acids is 2. The average molecular weight is 352 g/mol. The lowest BCUT2D eigenvalue weighted by Crippen LogP contribution is -2.29. The van der Waals surface area contributed by atoms with Crippen LogP contribution in [0.3, 0.4) is 0 Å². The second-order valence-corrected chi connectivity index (χ2v) is 6.78. The highest BCUT2D eigenvalue weighted by atomic mass is 16.6. The Morgan fingerprint density at radius 1 is 1.04 bits per heavy atom. The van der Waals surface area contributed by atoms with Crippen LogP contribution in [0.25, 0.3) is 0 Å². The Balaban J connectivity index is 1.54. The third kappa shape index (κ3) is 3.14. The fourth-order valence-electron chi connectivity index (χ4n) is 3.62. The maximum atomic E-state index is 12.3. The standard InChI is InChI=1S/C20H20N2O4/c23-18-6-2-1-5-14-11-15(8-9-17(14)18)22-13-16(26-20(22)25)12-21-10-4-3-7-19(21)24/h3-4,7-11,16H,1-2,5-6,12-13H2/t16-/m0/s1. The minimum atomic E-state index is -0.418. The van der Waals surface area contributed by atoms with Crippen LogP contribution in [0.5, 0.6) is 0 Å². The molecule has 1 amide bonds. The Kier molecular flexibility index (Phi) is 4.32. The Morgan fingerprint density at radius 2 is 1.88 bits per heavy atom. The Bertz CT molecular complexity index is 918. The number of hydrogen-bond acceptors (Lipinski definition) is 4. The zero-order chi connectivity index (χ0) is 18.1. The van der Waals surface area contributed by atoms with Crippen molar-refractivity contribution in [2.45, 2.75) is 38.3 Å². The molecule has 2 aromatic rings. The van der Waals surface area contributed by atoms with Gasteiger partial charge in [-0.1, -0.05) is 6.07 Å². The van der Waals surface area contributed by atoms with Gasteiger partial charge in [0.25, 0.3) is 5.56 Å². The van der Waals surface area contributed by atoms with Gasteiger partial charge in [-0.05, 0) is 49.1 Å². The van der Waals surface area contributed by atoms with Crippen molar-refractivity contribution in [3.63, 3.8) is 0 Å². The molecule has 1 saturated heterocycles. The number of fused-ring (bicyclic) bond motifs is 1. The number of aryl methyl sites for hydroxylation is 1. The average Bonchev–Trinajstić information content (AvgIpc) is 2.90. The zero-order valence-electron chi connectivity index (χ0n) is 14.4. The van der Waals surface area contributed by atoms with Crippen LogP contribution in [0, 0.1) is 0 Å². The maximum absolute atomic E-state index is 12.3. The molecule has 1 aliphatic carbocycles. The first kappa shape index (κ1) is 16.6. The summed E-state index contributed by atoms with van der Waals surface area (Å²) in [6, 6.07) is 10.5. The first-order chi connectivity index (χ1) is 12.6. The molecular formula is C20H20N2O4. The molecule has 1 aromatic carbocycles. The summed E-state index contributed by atoms with van der Waals surface area (Å²) in [5.41, 5.74) is 2.39. The number of rotatable bonds is 3. The quantitative estimate of drug-likeness (QED) is 0.797. The van der Waals surface area contributed by atoms with Gasteiger partial charge < -0.3 is 9.30 Å². The Morgan fingerprint density at radius 3 is 2.73 bits per heavy atom. The molecule has 1 atom stereocenters. The maximum Gasteiger partial charge on any atom is 0.414 e. The highest BCUT2D eigenvalue weighted by Crippen LogP contribution is 2.28. The molecule has 26 heavy (non-hydrogen) atoms. The van der Waals surface area contributed by atoms with Crippen LogP contribution >= 0.6 is 0 Å².